The standard InChI is InChI=1S/C19H24N4O3/c1-13-15(14(2)26-20-13)10-23-12-19(9-17(23)24)6-8-22(11-19)18(25)16-5-4-7-21(16)3/h4-5,7H,6,8-12H2,1-3H3. The van der Waals surface area contributed by atoms with Crippen LogP contribution < -0.4 is 0 Å². The van der Waals surface area contributed by atoms with Crippen molar-refractivity contribution in [1.82, 2.24) is 19.5 Å². The Bertz CT molecular complexity index is 849. The van der Waals surface area contributed by atoms with Crippen molar-refractivity contribution in [1.29, 1.82) is 0 Å². The Labute approximate surface area is 152 Å². The smallest absolute Gasteiger partial charge is 0.270 e. The maximum atomic E-state index is 12.8. The first-order valence-electron chi connectivity index (χ1n) is 8.99. The van der Waals surface area contributed by atoms with Crippen LogP contribution in [0.15, 0.2) is 22.9 Å². The van der Waals surface area contributed by atoms with Gasteiger partial charge in [0.15, 0.2) is 0 Å². The summed E-state index contributed by atoms with van der Waals surface area (Å²) in [4.78, 5) is 29.2. The second-order valence-corrected chi connectivity index (χ2v) is 7.71. The second kappa shape index (κ2) is 6.00. The molecular weight excluding hydrogens is 332 g/mol. The maximum Gasteiger partial charge on any atom is 0.270 e. The highest BCUT2D eigenvalue weighted by molar-refractivity contribution is 5.93. The molecule has 1 atom stereocenters. The molecule has 0 aromatic carbocycles. The van der Waals surface area contributed by atoms with Crippen LogP contribution in [0.25, 0.3) is 0 Å². The van der Waals surface area contributed by atoms with Crippen LogP contribution >= 0.6 is 0 Å². The molecule has 0 bridgehead atoms. The fraction of sp³-hybridized carbons (Fsp3) is 0.526. The molecule has 2 aliphatic rings. The van der Waals surface area contributed by atoms with Crippen molar-refractivity contribution in [3.05, 3.63) is 41.0 Å². The van der Waals surface area contributed by atoms with Crippen molar-refractivity contribution >= 4 is 11.8 Å². The largest absolute Gasteiger partial charge is 0.361 e. The van der Waals surface area contributed by atoms with Crippen LogP contribution in [0.2, 0.25) is 0 Å². The minimum atomic E-state index is -0.128. The van der Waals surface area contributed by atoms with Gasteiger partial charge in [-0.15, -0.1) is 0 Å². The first-order valence-corrected chi connectivity index (χ1v) is 8.99. The van der Waals surface area contributed by atoms with Gasteiger partial charge >= 0.3 is 0 Å². The molecule has 4 heterocycles. The molecule has 4 rings (SSSR count). The predicted molar refractivity (Wildman–Crippen MR) is 94.4 cm³/mol. The summed E-state index contributed by atoms with van der Waals surface area (Å²) in [7, 11) is 1.88. The van der Waals surface area contributed by atoms with Gasteiger partial charge in [0.1, 0.15) is 11.5 Å². The highest BCUT2D eigenvalue weighted by Gasteiger charge is 2.48. The Morgan fingerprint density at radius 1 is 1.35 bits per heavy atom. The lowest BCUT2D eigenvalue weighted by atomic mass is 9.86. The average molecular weight is 356 g/mol. The highest BCUT2D eigenvalue weighted by atomic mass is 16.5. The minimum Gasteiger partial charge on any atom is -0.361 e. The average Bonchev–Trinajstić information content (AvgIpc) is 3.34. The molecule has 0 radical (unpaired) electrons. The summed E-state index contributed by atoms with van der Waals surface area (Å²) in [5.74, 6) is 0.965. The molecule has 0 aliphatic carbocycles. The van der Waals surface area contributed by atoms with Crippen LogP contribution in [-0.2, 0) is 18.4 Å². The van der Waals surface area contributed by atoms with E-state index in [0.29, 0.717) is 38.3 Å². The van der Waals surface area contributed by atoms with Gasteiger partial charge in [0.05, 0.1) is 12.2 Å². The Morgan fingerprint density at radius 3 is 2.81 bits per heavy atom. The molecule has 2 fully saturated rings. The predicted octanol–water partition coefficient (Wildman–Crippen LogP) is 1.89. The second-order valence-electron chi connectivity index (χ2n) is 7.71. The van der Waals surface area contributed by atoms with Crippen LogP contribution in [0.1, 0.15) is 40.3 Å². The van der Waals surface area contributed by atoms with Crippen molar-refractivity contribution in [3.63, 3.8) is 0 Å². The van der Waals surface area contributed by atoms with E-state index in [-0.39, 0.29) is 17.2 Å². The third-order valence-electron chi connectivity index (χ3n) is 5.82. The number of aromatic nitrogens is 2. The quantitative estimate of drug-likeness (QED) is 0.842. The Hall–Kier alpha value is -2.57. The number of likely N-dealkylation sites (tertiary alicyclic amines) is 2. The topological polar surface area (TPSA) is 71.6 Å². The van der Waals surface area contributed by atoms with Crippen LogP contribution in [-0.4, -0.2) is 51.0 Å². The van der Waals surface area contributed by atoms with Gasteiger partial charge in [-0.3, -0.25) is 9.59 Å². The third-order valence-corrected chi connectivity index (χ3v) is 5.82. The van der Waals surface area contributed by atoms with Gasteiger partial charge < -0.3 is 18.9 Å². The van der Waals surface area contributed by atoms with E-state index in [1.165, 1.54) is 0 Å². The summed E-state index contributed by atoms with van der Waals surface area (Å²) in [6.07, 6.45) is 3.25. The zero-order valence-corrected chi connectivity index (χ0v) is 15.5. The molecule has 2 saturated heterocycles. The number of amides is 2. The maximum absolute atomic E-state index is 12.8. The van der Waals surface area contributed by atoms with Crippen LogP contribution in [0.5, 0.6) is 0 Å². The molecule has 2 aromatic heterocycles. The van der Waals surface area contributed by atoms with Gasteiger partial charge in [-0.25, -0.2) is 0 Å². The number of nitrogens with zero attached hydrogens (tertiary/aromatic N) is 4. The molecule has 7 heteroatoms. The van der Waals surface area contributed by atoms with Crippen molar-refractivity contribution in [2.45, 2.75) is 33.2 Å². The van der Waals surface area contributed by atoms with Gasteiger partial charge in [0, 0.05) is 50.3 Å². The number of carbonyl (C=O) groups is 2. The van der Waals surface area contributed by atoms with Gasteiger partial charge in [-0.1, -0.05) is 5.16 Å². The molecule has 0 N–H and O–H groups in total. The summed E-state index contributed by atoms with van der Waals surface area (Å²) in [6.45, 7) is 6.34. The van der Waals surface area contributed by atoms with E-state index in [9.17, 15) is 9.59 Å². The number of rotatable bonds is 3. The normalized spacial score (nSPS) is 22.8. The van der Waals surface area contributed by atoms with E-state index in [4.69, 9.17) is 4.52 Å². The van der Waals surface area contributed by atoms with Crippen molar-refractivity contribution in [2.24, 2.45) is 12.5 Å². The molecule has 2 amide bonds. The highest BCUT2D eigenvalue weighted by Crippen LogP contribution is 2.41. The van der Waals surface area contributed by atoms with Crippen LogP contribution in [0.4, 0.5) is 0 Å². The van der Waals surface area contributed by atoms with Crippen LogP contribution in [0.3, 0.4) is 0 Å². The van der Waals surface area contributed by atoms with E-state index in [1.807, 2.05) is 53.6 Å². The molecule has 26 heavy (non-hydrogen) atoms. The van der Waals surface area contributed by atoms with E-state index in [1.54, 1.807) is 0 Å². The van der Waals surface area contributed by atoms with E-state index < -0.39 is 0 Å². The minimum absolute atomic E-state index is 0.0472. The molecule has 2 aromatic rings. The number of carbonyl (C=O) groups excluding carboxylic acids is 2. The molecule has 1 unspecified atom stereocenters. The van der Waals surface area contributed by atoms with Crippen LogP contribution in [0, 0.1) is 19.3 Å². The SMILES string of the molecule is Cc1noc(C)c1CN1CC2(CCN(C(=O)c3cccn3C)C2)CC1=O. The Morgan fingerprint density at radius 2 is 2.15 bits per heavy atom. The van der Waals surface area contributed by atoms with Crippen molar-refractivity contribution in [3.8, 4) is 0 Å². The molecule has 2 aliphatic heterocycles. The monoisotopic (exact) mass is 356 g/mol. The molecule has 0 saturated carbocycles. The first kappa shape index (κ1) is 16.9. The summed E-state index contributed by atoms with van der Waals surface area (Å²) in [5, 5.41) is 3.98. The third kappa shape index (κ3) is 2.71. The van der Waals surface area contributed by atoms with E-state index in [0.717, 1.165) is 23.4 Å². The molecule has 7 nitrogen and oxygen atoms in total. The summed E-state index contributed by atoms with van der Waals surface area (Å²) in [5.41, 5.74) is 2.39. The fourth-order valence-corrected chi connectivity index (χ4v) is 4.27. The number of hydrogen-bond acceptors (Lipinski definition) is 4. The van der Waals surface area contributed by atoms with Gasteiger partial charge in [0.2, 0.25) is 5.91 Å². The zero-order valence-electron chi connectivity index (χ0n) is 15.5. The van der Waals surface area contributed by atoms with Gasteiger partial charge in [-0.2, -0.15) is 0 Å². The van der Waals surface area contributed by atoms with Crippen molar-refractivity contribution in [2.75, 3.05) is 19.6 Å². The zero-order chi connectivity index (χ0) is 18.5. The number of aryl methyl sites for hydroxylation is 3. The first-order chi connectivity index (χ1) is 12.4. The lowest BCUT2D eigenvalue weighted by Crippen LogP contribution is -2.34. The lowest BCUT2D eigenvalue weighted by Gasteiger charge is -2.24. The van der Waals surface area contributed by atoms with E-state index in [2.05, 4.69) is 5.16 Å². The summed E-state index contributed by atoms with van der Waals surface area (Å²) < 4.78 is 7.06. The molecule has 1 spiro atoms. The molecular formula is C19H24N4O3. The van der Waals surface area contributed by atoms with E-state index >= 15 is 0 Å². The van der Waals surface area contributed by atoms with Crippen molar-refractivity contribution < 1.29 is 14.1 Å². The summed E-state index contributed by atoms with van der Waals surface area (Å²) >= 11 is 0. The van der Waals surface area contributed by atoms with Gasteiger partial charge in [0.25, 0.3) is 5.91 Å². The summed E-state index contributed by atoms with van der Waals surface area (Å²) in [6, 6.07) is 3.72. The van der Waals surface area contributed by atoms with Gasteiger partial charge in [-0.05, 0) is 32.4 Å². The number of hydrogen-bond donors (Lipinski definition) is 0. The fourth-order valence-electron chi connectivity index (χ4n) is 4.27. The molecule has 138 valence electrons. The lowest BCUT2D eigenvalue weighted by molar-refractivity contribution is -0.128. The Balaban J connectivity index is 1.47. The Kier molecular flexibility index (Phi) is 3.89.